The molecule has 0 aliphatic rings. The molecule has 2 amide bonds. The van der Waals surface area contributed by atoms with Gasteiger partial charge in [-0.05, 0) is 60.6 Å². The van der Waals surface area contributed by atoms with E-state index in [1.807, 2.05) is 13.8 Å². The lowest BCUT2D eigenvalue weighted by molar-refractivity contribution is -0.123. The van der Waals surface area contributed by atoms with Gasteiger partial charge in [0.05, 0.1) is 11.6 Å². The van der Waals surface area contributed by atoms with Gasteiger partial charge in [-0.2, -0.15) is 0 Å². The number of hydrogen-bond acceptors (Lipinski definition) is 5. The Balaban J connectivity index is 1.74. The molecule has 0 aliphatic heterocycles. The summed E-state index contributed by atoms with van der Waals surface area (Å²) in [5.74, 6) is 0.438. The van der Waals surface area contributed by atoms with Crippen molar-refractivity contribution in [3.8, 4) is 11.5 Å². The monoisotopic (exact) mass is 469 g/mol. The topological polar surface area (TPSA) is 88.7 Å². The lowest BCUT2D eigenvalue weighted by Gasteiger charge is -2.12. The minimum Gasteiger partial charge on any atom is -0.493 e. The van der Waals surface area contributed by atoms with E-state index in [4.69, 9.17) is 44.9 Å². The molecule has 10 heteroatoms. The maximum absolute atomic E-state index is 12.2. The van der Waals surface area contributed by atoms with Crippen LogP contribution in [0.1, 0.15) is 24.2 Å². The molecule has 7 nitrogen and oxygen atoms in total. The molecule has 0 aromatic heterocycles. The average Bonchev–Trinajstić information content (AvgIpc) is 2.70. The highest BCUT2D eigenvalue weighted by Gasteiger charge is 2.10. The predicted molar refractivity (Wildman–Crippen MR) is 120 cm³/mol. The maximum Gasteiger partial charge on any atom is 0.276 e. The van der Waals surface area contributed by atoms with Crippen molar-refractivity contribution in [1.29, 1.82) is 0 Å². The Morgan fingerprint density at radius 3 is 2.37 bits per heavy atom. The number of rotatable bonds is 7. The molecular formula is C20H21Cl2N3O4S. The smallest absolute Gasteiger partial charge is 0.276 e. The van der Waals surface area contributed by atoms with E-state index in [1.54, 1.807) is 36.4 Å². The molecule has 0 atom stereocenters. The van der Waals surface area contributed by atoms with Gasteiger partial charge in [-0.1, -0.05) is 37.0 Å². The maximum atomic E-state index is 12.2. The predicted octanol–water partition coefficient (Wildman–Crippen LogP) is 3.74. The van der Waals surface area contributed by atoms with Crippen molar-refractivity contribution in [2.24, 2.45) is 5.92 Å². The summed E-state index contributed by atoms with van der Waals surface area (Å²) in [5.41, 5.74) is 5.14. The Labute approximate surface area is 190 Å². The quantitative estimate of drug-likeness (QED) is 0.422. The van der Waals surface area contributed by atoms with Crippen LogP contribution in [0.5, 0.6) is 11.5 Å². The highest BCUT2D eigenvalue weighted by molar-refractivity contribution is 7.80. The number of benzene rings is 2. The van der Waals surface area contributed by atoms with Crippen LogP contribution in [0.3, 0.4) is 0 Å². The van der Waals surface area contributed by atoms with Gasteiger partial charge in [-0.15, -0.1) is 0 Å². The lowest BCUT2D eigenvalue weighted by atomic mass is 10.2. The van der Waals surface area contributed by atoms with Crippen molar-refractivity contribution >= 4 is 52.3 Å². The van der Waals surface area contributed by atoms with Crippen LogP contribution < -0.4 is 25.6 Å². The minimum atomic E-state index is -0.524. The summed E-state index contributed by atoms with van der Waals surface area (Å²) in [6.07, 6.45) is 0. The number of carbonyl (C=O) groups excluding carboxylic acids is 2. The van der Waals surface area contributed by atoms with E-state index in [2.05, 4.69) is 16.2 Å². The van der Waals surface area contributed by atoms with Crippen LogP contribution in [0, 0.1) is 5.92 Å². The lowest BCUT2D eigenvalue weighted by Crippen LogP contribution is -2.49. The van der Waals surface area contributed by atoms with Gasteiger partial charge < -0.3 is 9.47 Å². The molecule has 0 spiro atoms. The van der Waals surface area contributed by atoms with Crippen LogP contribution in [-0.4, -0.2) is 30.1 Å². The number of ether oxygens (including phenoxy) is 2. The molecule has 0 bridgehead atoms. The molecular weight excluding hydrogens is 449 g/mol. The summed E-state index contributed by atoms with van der Waals surface area (Å²) in [7, 11) is 0. The Kier molecular flexibility index (Phi) is 9.16. The standard InChI is InChI=1S/C20H21Cl2N3O4S/c1-12(2)10-28-15-6-3-13(4-7-15)19(27)23-20(30)25-24-18(26)11-29-17-8-5-14(21)9-16(17)22/h3-9,12H,10-11H2,1-2H3,(H,24,26)(H2,23,25,27,30). The first-order valence-corrected chi connectivity index (χ1v) is 10.1. The molecule has 0 unspecified atom stereocenters. The largest absolute Gasteiger partial charge is 0.493 e. The third kappa shape index (κ3) is 8.06. The number of hydrazine groups is 1. The molecule has 0 saturated carbocycles. The van der Waals surface area contributed by atoms with Crippen molar-refractivity contribution in [2.45, 2.75) is 13.8 Å². The molecule has 2 aromatic carbocycles. The first kappa shape index (κ1) is 23.7. The Bertz CT molecular complexity index is 907. The Morgan fingerprint density at radius 1 is 1.03 bits per heavy atom. The number of halogens is 2. The van der Waals surface area contributed by atoms with Crippen molar-refractivity contribution in [1.82, 2.24) is 16.2 Å². The summed E-state index contributed by atoms with van der Waals surface area (Å²) >= 11 is 16.8. The highest BCUT2D eigenvalue weighted by atomic mass is 35.5. The van der Waals surface area contributed by atoms with Gasteiger partial charge in [0, 0.05) is 10.6 Å². The highest BCUT2D eigenvalue weighted by Crippen LogP contribution is 2.27. The van der Waals surface area contributed by atoms with Crippen LogP contribution in [0.4, 0.5) is 0 Å². The van der Waals surface area contributed by atoms with E-state index < -0.39 is 11.8 Å². The molecule has 0 fully saturated rings. The third-order valence-electron chi connectivity index (χ3n) is 3.50. The Morgan fingerprint density at radius 2 is 1.73 bits per heavy atom. The van der Waals surface area contributed by atoms with Gasteiger partial charge in [0.1, 0.15) is 11.5 Å². The minimum absolute atomic E-state index is 0.0713. The fraction of sp³-hybridized carbons (Fsp3) is 0.250. The average molecular weight is 470 g/mol. The number of thiocarbonyl (C=S) groups is 1. The summed E-state index contributed by atoms with van der Waals surface area (Å²) in [4.78, 5) is 24.1. The van der Waals surface area contributed by atoms with Crippen LogP contribution >= 0.6 is 35.4 Å². The zero-order valence-corrected chi connectivity index (χ0v) is 18.7. The van der Waals surface area contributed by atoms with Crippen LogP contribution in [0.15, 0.2) is 42.5 Å². The molecule has 0 radical (unpaired) electrons. The number of nitrogens with one attached hydrogen (secondary N) is 3. The van der Waals surface area contributed by atoms with Crippen LogP contribution in [-0.2, 0) is 4.79 Å². The molecule has 30 heavy (non-hydrogen) atoms. The first-order valence-electron chi connectivity index (χ1n) is 8.95. The molecule has 0 aliphatic carbocycles. The normalized spacial score (nSPS) is 10.3. The molecule has 2 rings (SSSR count). The van der Waals surface area contributed by atoms with Gasteiger partial charge in [0.2, 0.25) is 0 Å². The third-order valence-corrected chi connectivity index (χ3v) is 4.23. The van der Waals surface area contributed by atoms with Gasteiger partial charge in [0.15, 0.2) is 11.7 Å². The first-order chi connectivity index (χ1) is 14.2. The molecule has 2 aromatic rings. The number of amides is 2. The van der Waals surface area contributed by atoms with E-state index >= 15 is 0 Å². The second kappa shape index (κ2) is 11.6. The molecule has 160 valence electrons. The van der Waals surface area contributed by atoms with Crippen molar-refractivity contribution in [3.05, 3.63) is 58.1 Å². The van der Waals surface area contributed by atoms with E-state index in [-0.39, 0.29) is 16.7 Å². The summed E-state index contributed by atoms with van der Waals surface area (Å²) in [5, 5.41) is 3.13. The van der Waals surface area contributed by atoms with Crippen LogP contribution in [0.2, 0.25) is 10.0 Å². The second-order valence-corrected chi connectivity index (χ2v) is 7.80. The number of hydrogen-bond donors (Lipinski definition) is 3. The van der Waals surface area contributed by atoms with Gasteiger partial charge >= 0.3 is 0 Å². The Hall–Kier alpha value is -2.55. The fourth-order valence-corrected chi connectivity index (χ4v) is 2.68. The summed E-state index contributed by atoms with van der Waals surface area (Å²) < 4.78 is 10.9. The van der Waals surface area contributed by atoms with Crippen molar-refractivity contribution < 1.29 is 19.1 Å². The fourth-order valence-electron chi connectivity index (χ4n) is 2.07. The van der Waals surface area contributed by atoms with Crippen LogP contribution in [0.25, 0.3) is 0 Å². The van der Waals surface area contributed by atoms with E-state index in [0.29, 0.717) is 34.6 Å². The van der Waals surface area contributed by atoms with Crippen molar-refractivity contribution in [3.63, 3.8) is 0 Å². The van der Waals surface area contributed by atoms with Gasteiger partial charge in [0.25, 0.3) is 11.8 Å². The van der Waals surface area contributed by atoms with E-state index in [1.165, 1.54) is 6.07 Å². The SMILES string of the molecule is CC(C)COc1ccc(C(=O)NC(=S)NNC(=O)COc2ccc(Cl)cc2Cl)cc1. The van der Waals surface area contributed by atoms with Gasteiger partial charge in [-0.25, -0.2) is 0 Å². The molecule has 3 N–H and O–H groups in total. The molecule has 0 saturated heterocycles. The molecule has 0 heterocycles. The number of carbonyl (C=O) groups is 2. The van der Waals surface area contributed by atoms with E-state index in [9.17, 15) is 9.59 Å². The second-order valence-electron chi connectivity index (χ2n) is 6.55. The van der Waals surface area contributed by atoms with Gasteiger partial charge in [-0.3, -0.25) is 25.8 Å². The zero-order valence-electron chi connectivity index (χ0n) is 16.3. The van der Waals surface area contributed by atoms with Crippen molar-refractivity contribution in [2.75, 3.05) is 13.2 Å². The van der Waals surface area contributed by atoms with E-state index in [0.717, 1.165) is 0 Å². The summed E-state index contributed by atoms with van der Waals surface area (Å²) in [6, 6.07) is 11.3. The summed E-state index contributed by atoms with van der Waals surface area (Å²) in [6.45, 7) is 4.37. The zero-order chi connectivity index (χ0) is 22.1.